The zero-order chi connectivity index (χ0) is 17.4. The number of carbonyl (C=O) groups excluding carboxylic acids is 1. The molecule has 0 bridgehead atoms. The molecule has 1 aliphatic heterocycles. The summed E-state index contributed by atoms with van der Waals surface area (Å²) in [5, 5.41) is 0.844. The summed E-state index contributed by atoms with van der Waals surface area (Å²) in [5.41, 5.74) is 3.29. The van der Waals surface area contributed by atoms with Crippen LogP contribution in [0.5, 0.6) is 0 Å². The highest BCUT2D eigenvalue weighted by atomic mass is 19.1. The third kappa shape index (κ3) is 2.93. The van der Waals surface area contributed by atoms with Crippen molar-refractivity contribution in [1.29, 1.82) is 0 Å². The van der Waals surface area contributed by atoms with Crippen molar-refractivity contribution in [3.05, 3.63) is 77.5 Å². The lowest BCUT2D eigenvalue weighted by Gasteiger charge is -2.26. The molecular formula is C20H16F2N2O. The molecule has 0 unspecified atom stereocenters. The summed E-state index contributed by atoms with van der Waals surface area (Å²) in [5.74, 6) is -0.868. The Morgan fingerprint density at radius 2 is 1.92 bits per heavy atom. The Kier molecular flexibility index (Phi) is 3.84. The molecule has 1 aromatic heterocycles. The first-order chi connectivity index (χ1) is 12.1. The number of carbonyl (C=O) groups is 1. The first kappa shape index (κ1) is 15.6. The Hall–Kier alpha value is -2.95. The molecular weight excluding hydrogens is 322 g/mol. The Balaban J connectivity index is 1.57. The van der Waals surface area contributed by atoms with Gasteiger partial charge in [0.2, 0.25) is 0 Å². The normalized spacial score (nSPS) is 14.6. The number of halogens is 2. The molecule has 0 aliphatic carbocycles. The fraction of sp³-hybridized carbons (Fsp3) is 0.150. The first-order valence-corrected chi connectivity index (χ1v) is 8.13. The molecule has 4 rings (SSSR count). The fourth-order valence-electron chi connectivity index (χ4n) is 3.26. The molecule has 0 radical (unpaired) electrons. The van der Waals surface area contributed by atoms with E-state index >= 15 is 0 Å². The Labute approximate surface area is 143 Å². The van der Waals surface area contributed by atoms with Gasteiger partial charge in [-0.15, -0.1) is 0 Å². The van der Waals surface area contributed by atoms with Crippen LogP contribution in [0.4, 0.5) is 8.78 Å². The van der Waals surface area contributed by atoms with E-state index in [-0.39, 0.29) is 11.7 Å². The molecule has 5 heteroatoms. The maximum absolute atomic E-state index is 13.5. The maximum Gasteiger partial charge on any atom is 0.254 e. The average molecular weight is 338 g/mol. The van der Waals surface area contributed by atoms with Crippen LogP contribution < -0.4 is 0 Å². The van der Waals surface area contributed by atoms with Crippen molar-refractivity contribution in [2.45, 2.75) is 6.42 Å². The second kappa shape index (κ2) is 6.16. The van der Waals surface area contributed by atoms with Gasteiger partial charge in [-0.2, -0.15) is 0 Å². The van der Waals surface area contributed by atoms with Gasteiger partial charge < -0.3 is 9.88 Å². The Bertz CT molecular complexity index is 990. The predicted molar refractivity (Wildman–Crippen MR) is 93.2 cm³/mol. The molecule has 1 N–H and O–H groups in total. The first-order valence-electron chi connectivity index (χ1n) is 8.13. The lowest BCUT2D eigenvalue weighted by Crippen LogP contribution is -2.34. The van der Waals surface area contributed by atoms with Crippen LogP contribution in [-0.2, 0) is 0 Å². The molecule has 0 fully saturated rings. The van der Waals surface area contributed by atoms with E-state index in [1.165, 1.54) is 30.3 Å². The highest BCUT2D eigenvalue weighted by molar-refractivity contribution is 5.96. The lowest BCUT2D eigenvalue weighted by atomic mass is 9.98. The van der Waals surface area contributed by atoms with Crippen LogP contribution in [0.1, 0.15) is 22.3 Å². The van der Waals surface area contributed by atoms with Gasteiger partial charge in [-0.3, -0.25) is 4.79 Å². The van der Waals surface area contributed by atoms with Crippen molar-refractivity contribution in [3.8, 4) is 0 Å². The standard InChI is InChI=1S/C20H16F2N2O/c21-15-3-1-2-14(10-15)20(25)24-8-6-13(7-9-24)18-12-23-19-5-4-16(22)11-17(18)19/h1-6,10-12,23H,7-9H2. The van der Waals surface area contributed by atoms with Crippen LogP contribution >= 0.6 is 0 Å². The molecule has 3 aromatic rings. The second-order valence-corrected chi connectivity index (χ2v) is 6.13. The number of fused-ring (bicyclic) bond motifs is 1. The number of aromatic nitrogens is 1. The highest BCUT2D eigenvalue weighted by Gasteiger charge is 2.21. The predicted octanol–water partition coefficient (Wildman–Crippen LogP) is 4.38. The summed E-state index contributed by atoms with van der Waals surface area (Å²) in [4.78, 5) is 17.3. The summed E-state index contributed by atoms with van der Waals surface area (Å²) in [6, 6.07) is 10.4. The quantitative estimate of drug-likeness (QED) is 0.740. The number of hydrogen-bond acceptors (Lipinski definition) is 1. The van der Waals surface area contributed by atoms with Crippen molar-refractivity contribution >= 4 is 22.4 Å². The summed E-state index contributed by atoms with van der Waals surface area (Å²) in [6.07, 6.45) is 4.53. The number of benzene rings is 2. The van der Waals surface area contributed by atoms with E-state index in [1.54, 1.807) is 17.0 Å². The van der Waals surface area contributed by atoms with E-state index in [2.05, 4.69) is 4.98 Å². The minimum absolute atomic E-state index is 0.181. The van der Waals surface area contributed by atoms with Gasteiger partial charge in [0.25, 0.3) is 5.91 Å². The van der Waals surface area contributed by atoms with Gasteiger partial charge in [0, 0.05) is 41.3 Å². The van der Waals surface area contributed by atoms with Crippen LogP contribution in [0.2, 0.25) is 0 Å². The van der Waals surface area contributed by atoms with Gasteiger partial charge in [-0.1, -0.05) is 12.1 Å². The molecule has 1 aliphatic rings. The van der Waals surface area contributed by atoms with E-state index in [0.717, 1.165) is 22.0 Å². The van der Waals surface area contributed by atoms with Crippen LogP contribution in [0.3, 0.4) is 0 Å². The summed E-state index contributed by atoms with van der Waals surface area (Å²) >= 11 is 0. The minimum atomic E-state index is -0.417. The average Bonchev–Trinajstić information content (AvgIpc) is 3.04. The van der Waals surface area contributed by atoms with Gasteiger partial charge in [-0.05, 0) is 48.4 Å². The fourth-order valence-corrected chi connectivity index (χ4v) is 3.26. The molecule has 0 saturated carbocycles. The van der Waals surface area contributed by atoms with E-state index in [1.807, 2.05) is 12.3 Å². The van der Waals surface area contributed by atoms with E-state index in [0.29, 0.717) is 25.1 Å². The van der Waals surface area contributed by atoms with Crippen LogP contribution in [-0.4, -0.2) is 28.9 Å². The third-order valence-corrected chi connectivity index (χ3v) is 4.56. The number of rotatable bonds is 2. The number of amides is 1. The van der Waals surface area contributed by atoms with Gasteiger partial charge >= 0.3 is 0 Å². The van der Waals surface area contributed by atoms with Crippen molar-refractivity contribution in [2.24, 2.45) is 0 Å². The Morgan fingerprint density at radius 1 is 1.08 bits per heavy atom. The largest absolute Gasteiger partial charge is 0.361 e. The molecule has 2 aromatic carbocycles. The summed E-state index contributed by atoms with van der Waals surface area (Å²) in [7, 11) is 0. The smallest absolute Gasteiger partial charge is 0.254 e. The molecule has 25 heavy (non-hydrogen) atoms. The summed E-state index contributed by atoms with van der Waals surface area (Å²) in [6.45, 7) is 0.996. The molecule has 2 heterocycles. The maximum atomic E-state index is 13.5. The van der Waals surface area contributed by atoms with E-state index < -0.39 is 5.82 Å². The van der Waals surface area contributed by atoms with Crippen molar-refractivity contribution in [1.82, 2.24) is 9.88 Å². The molecule has 3 nitrogen and oxygen atoms in total. The molecule has 0 spiro atoms. The summed E-state index contributed by atoms with van der Waals surface area (Å²) < 4.78 is 26.8. The van der Waals surface area contributed by atoms with Crippen LogP contribution in [0, 0.1) is 11.6 Å². The number of hydrogen-bond donors (Lipinski definition) is 1. The van der Waals surface area contributed by atoms with Gasteiger partial charge in [0.15, 0.2) is 0 Å². The Morgan fingerprint density at radius 3 is 2.68 bits per heavy atom. The van der Waals surface area contributed by atoms with Crippen LogP contribution in [0.25, 0.3) is 16.5 Å². The zero-order valence-corrected chi connectivity index (χ0v) is 13.4. The third-order valence-electron chi connectivity index (χ3n) is 4.56. The van der Waals surface area contributed by atoms with Crippen molar-refractivity contribution in [2.75, 3.05) is 13.1 Å². The van der Waals surface area contributed by atoms with Crippen molar-refractivity contribution in [3.63, 3.8) is 0 Å². The molecule has 1 amide bonds. The minimum Gasteiger partial charge on any atom is -0.361 e. The van der Waals surface area contributed by atoms with E-state index in [4.69, 9.17) is 0 Å². The van der Waals surface area contributed by atoms with Crippen LogP contribution in [0.15, 0.2) is 54.7 Å². The second-order valence-electron chi connectivity index (χ2n) is 6.13. The van der Waals surface area contributed by atoms with Gasteiger partial charge in [0.05, 0.1) is 0 Å². The number of nitrogens with one attached hydrogen (secondary N) is 1. The SMILES string of the molecule is O=C(c1cccc(F)c1)N1CC=C(c2c[nH]c3ccc(F)cc23)CC1. The van der Waals surface area contributed by atoms with E-state index in [9.17, 15) is 13.6 Å². The number of aromatic amines is 1. The van der Waals surface area contributed by atoms with Gasteiger partial charge in [-0.25, -0.2) is 8.78 Å². The monoisotopic (exact) mass is 338 g/mol. The lowest BCUT2D eigenvalue weighted by molar-refractivity contribution is 0.0772. The molecule has 0 saturated heterocycles. The number of nitrogens with zero attached hydrogens (tertiary/aromatic N) is 1. The van der Waals surface area contributed by atoms with Gasteiger partial charge in [0.1, 0.15) is 11.6 Å². The highest BCUT2D eigenvalue weighted by Crippen LogP contribution is 2.30. The zero-order valence-electron chi connectivity index (χ0n) is 13.4. The molecule has 126 valence electrons. The topological polar surface area (TPSA) is 36.1 Å². The molecule has 0 atom stereocenters. The number of H-pyrrole nitrogens is 1. The van der Waals surface area contributed by atoms with Crippen molar-refractivity contribution < 1.29 is 13.6 Å².